The first kappa shape index (κ1) is 10.5. The Morgan fingerprint density at radius 3 is 2.31 bits per heavy atom. The number of anilines is 1. The summed E-state index contributed by atoms with van der Waals surface area (Å²) in [5, 5.41) is 0. The fraction of sp³-hybridized carbons (Fsp3) is 0.167. The van der Waals surface area contributed by atoms with E-state index in [1.165, 1.54) is 18.5 Å². The summed E-state index contributed by atoms with van der Waals surface area (Å²) in [6, 6.07) is 3.42. The number of benzene rings is 1. The van der Waals surface area contributed by atoms with Crippen LogP contribution in [0.25, 0.3) is 11.1 Å². The second-order valence-electron chi connectivity index (χ2n) is 3.77. The van der Waals surface area contributed by atoms with E-state index in [0.29, 0.717) is 11.1 Å². The molecule has 0 bridgehead atoms. The Morgan fingerprint density at radius 2 is 1.75 bits per heavy atom. The van der Waals surface area contributed by atoms with Gasteiger partial charge in [-0.2, -0.15) is 0 Å². The molecule has 0 radical (unpaired) electrons. The molecule has 82 valence electrons. The topological polar surface area (TPSA) is 51.8 Å². The molecule has 0 amide bonds. The zero-order valence-corrected chi connectivity index (χ0v) is 9.16. The minimum atomic E-state index is -0.258. The van der Waals surface area contributed by atoms with Crippen molar-refractivity contribution in [1.82, 2.24) is 9.97 Å². The molecular weight excluding hydrogens is 205 g/mol. The van der Waals surface area contributed by atoms with Crippen LogP contribution in [0, 0.1) is 19.7 Å². The summed E-state index contributed by atoms with van der Waals surface area (Å²) >= 11 is 0. The maximum Gasteiger partial charge on any atom is 0.219 e. The van der Waals surface area contributed by atoms with Gasteiger partial charge in [-0.3, -0.25) is 0 Å². The Labute approximate surface area is 93.2 Å². The van der Waals surface area contributed by atoms with Gasteiger partial charge in [0.25, 0.3) is 0 Å². The molecule has 0 saturated carbocycles. The van der Waals surface area contributed by atoms with Crippen LogP contribution in [0.2, 0.25) is 0 Å². The summed E-state index contributed by atoms with van der Waals surface area (Å²) in [5.74, 6) is -0.0696. The summed E-state index contributed by atoms with van der Waals surface area (Å²) in [5.41, 5.74) is 8.33. The predicted octanol–water partition coefficient (Wildman–Crippen LogP) is 2.48. The van der Waals surface area contributed by atoms with Gasteiger partial charge >= 0.3 is 0 Å². The third kappa shape index (κ3) is 1.86. The summed E-state index contributed by atoms with van der Waals surface area (Å²) in [6.45, 7) is 3.72. The van der Waals surface area contributed by atoms with Crippen LogP contribution in [0.4, 0.5) is 10.3 Å². The van der Waals surface area contributed by atoms with Gasteiger partial charge in [0.05, 0.1) is 0 Å². The molecule has 0 aliphatic rings. The quantitative estimate of drug-likeness (QED) is 0.798. The van der Waals surface area contributed by atoms with Gasteiger partial charge in [-0.25, -0.2) is 14.4 Å². The average Bonchev–Trinajstić information content (AvgIpc) is 2.19. The summed E-state index contributed by atoms with van der Waals surface area (Å²) in [4.78, 5) is 7.72. The van der Waals surface area contributed by atoms with E-state index in [2.05, 4.69) is 9.97 Å². The van der Waals surface area contributed by atoms with Gasteiger partial charge in [0.2, 0.25) is 5.95 Å². The lowest BCUT2D eigenvalue weighted by atomic mass is 10.0. The number of aryl methyl sites for hydroxylation is 2. The van der Waals surface area contributed by atoms with E-state index in [9.17, 15) is 4.39 Å². The highest BCUT2D eigenvalue weighted by Gasteiger charge is 2.09. The van der Waals surface area contributed by atoms with Crippen LogP contribution in [0.1, 0.15) is 11.1 Å². The molecule has 1 heterocycles. The van der Waals surface area contributed by atoms with Crippen molar-refractivity contribution in [3.8, 4) is 11.1 Å². The van der Waals surface area contributed by atoms with Crippen molar-refractivity contribution in [3.05, 3.63) is 41.5 Å². The monoisotopic (exact) mass is 217 g/mol. The molecule has 0 fully saturated rings. The van der Waals surface area contributed by atoms with Crippen molar-refractivity contribution in [2.45, 2.75) is 13.8 Å². The standard InChI is InChI=1S/C12H12FN3/c1-7-3-8(2)11(10(13)4-7)9-5-15-12(14)16-6-9/h3-6H,1-2H3,(H2,14,15,16). The largest absolute Gasteiger partial charge is 0.368 e. The first-order valence-corrected chi connectivity index (χ1v) is 4.92. The molecule has 4 heteroatoms. The van der Waals surface area contributed by atoms with E-state index in [1.54, 1.807) is 0 Å². The molecule has 0 aliphatic carbocycles. The Bertz CT molecular complexity index is 497. The molecule has 1 aromatic heterocycles. The molecule has 0 spiro atoms. The highest BCUT2D eigenvalue weighted by atomic mass is 19.1. The third-order valence-electron chi connectivity index (χ3n) is 2.39. The van der Waals surface area contributed by atoms with Gasteiger partial charge in [0, 0.05) is 23.5 Å². The zero-order chi connectivity index (χ0) is 11.7. The van der Waals surface area contributed by atoms with Crippen molar-refractivity contribution in [3.63, 3.8) is 0 Å². The van der Waals surface area contributed by atoms with Crippen LogP contribution < -0.4 is 5.73 Å². The van der Waals surface area contributed by atoms with Gasteiger partial charge in [0.15, 0.2) is 0 Å². The van der Waals surface area contributed by atoms with E-state index in [-0.39, 0.29) is 11.8 Å². The van der Waals surface area contributed by atoms with Crippen LogP contribution in [0.3, 0.4) is 0 Å². The first-order valence-electron chi connectivity index (χ1n) is 4.92. The predicted molar refractivity (Wildman–Crippen MR) is 61.3 cm³/mol. The number of nitrogens with zero attached hydrogens (tertiary/aromatic N) is 2. The molecule has 3 nitrogen and oxygen atoms in total. The molecule has 0 unspecified atom stereocenters. The highest BCUT2D eigenvalue weighted by molar-refractivity contribution is 5.67. The van der Waals surface area contributed by atoms with Crippen molar-refractivity contribution in [1.29, 1.82) is 0 Å². The minimum Gasteiger partial charge on any atom is -0.368 e. The van der Waals surface area contributed by atoms with E-state index in [4.69, 9.17) is 5.73 Å². The maximum atomic E-state index is 13.8. The fourth-order valence-corrected chi connectivity index (χ4v) is 1.75. The number of rotatable bonds is 1. The summed E-state index contributed by atoms with van der Waals surface area (Å²) < 4.78 is 13.8. The molecule has 2 aromatic rings. The smallest absolute Gasteiger partial charge is 0.219 e. The number of halogens is 1. The van der Waals surface area contributed by atoms with E-state index in [0.717, 1.165) is 11.1 Å². The molecule has 2 rings (SSSR count). The number of hydrogen-bond acceptors (Lipinski definition) is 3. The second-order valence-corrected chi connectivity index (χ2v) is 3.77. The van der Waals surface area contributed by atoms with Crippen molar-refractivity contribution in [2.24, 2.45) is 0 Å². The Hall–Kier alpha value is -1.97. The minimum absolute atomic E-state index is 0.189. The first-order chi connectivity index (χ1) is 7.58. The lowest BCUT2D eigenvalue weighted by molar-refractivity contribution is 0.629. The van der Waals surface area contributed by atoms with Crippen LogP contribution in [0.5, 0.6) is 0 Å². The average molecular weight is 217 g/mol. The molecule has 16 heavy (non-hydrogen) atoms. The SMILES string of the molecule is Cc1cc(C)c(-c2cnc(N)nc2)c(F)c1. The van der Waals surface area contributed by atoms with Gasteiger partial charge < -0.3 is 5.73 Å². The molecule has 0 atom stereocenters. The van der Waals surface area contributed by atoms with Gasteiger partial charge in [-0.05, 0) is 31.0 Å². The van der Waals surface area contributed by atoms with E-state index in [1.807, 2.05) is 19.9 Å². The van der Waals surface area contributed by atoms with Crippen LogP contribution in [-0.2, 0) is 0 Å². The Kier molecular flexibility index (Phi) is 2.56. The fourth-order valence-electron chi connectivity index (χ4n) is 1.75. The van der Waals surface area contributed by atoms with Crippen LogP contribution in [-0.4, -0.2) is 9.97 Å². The number of nitrogens with two attached hydrogens (primary N) is 1. The summed E-state index contributed by atoms with van der Waals surface area (Å²) in [7, 11) is 0. The normalized spacial score (nSPS) is 10.4. The van der Waals surface area contributed by atoms with Crippen molar-refractivity contribution < 1.29 is 4.39 Å². The molecule has 2 N–H and O–H groups in total. The lowest BCUT2D eigenvalue weighted by Crippen LogP contribution is -1.96. The zero-order valence-electron chi connectivity index (χ0n) is 9.16. The van der Waals surface area contributed by atoms with E-state index < -0.39 is 0 Å². The van der Waals surface area contributed by atoms with Gasteiger partial charge in [0.1, 0.15) is 5.82 Å². The van der Waals surface area contributed by atoms with Gasteiger partial charge in [-0.1, -0.05) is 6.07 Å². The highest BCUT2D eigenvalue weighted by Crippen LogP contribution is 2.26. The molecule has 1 aromatic carbocycles. The van der Waals surface area contributed by atoms with Crippen molar-refractivity contribution in [2.75, 3.05) is 5.73 Å². The van der Waals surface area contributed by atoms with Crippen LogP contribution >= 0.6 is 0 Å². The number of aromatic nitrogens is 2. The lowest BCUT2D eigenvalue weighted by Gasteiger charge is -2.08. The Balaban J connectivity index is 2.60. The second kappa shape index (κ2) is 3.89. The molecule has 0 aliphatic heterocycles. The van der Waals surface area contributed by atoms with Gasteiger partial charge in [-0.15, -0.1) is 0 Å². The number of nitrogen functional groups attached to an aromatic ring is 1. The maximum absolute atomic E-state index is 13.8. The molecule has 0 saturated heterocycles. The number of hydrogen-bond donors (Lipinski definition) is 1. The van der Waals surface area contributed by atoms with Crippen molar-refractivity contribution >= 4 is 5.95 Å². The van der Waals surface area contributed by atoms with E-state index >= 15 is 0 Å². The van der Waals surface area contributed by atoms with Crippen LogP contribution in [0.15, 0.2) is 24.5 Å². The molecular formula is C12H12FN3. The Morgan fingerprint density at radius 1 is 1.12 bits per heavy atom. The summed E-state index contributed by atoms with van der Waals surface area (Å²) in [6.07, 6.45) is 3.06. The third-order valence-corrected chi connectivity index (χ3v) is 2.39.